The van der Waals surface area contributed by atoms with Gasteiger partial charge in [-0.15, -0.1) is 11.3 Å². The summed E-state index contributed by atoms with van der Waals surface area (Å²) in [6.45, 7) is 0. The van der Waals surface area contributed by atoms with Gasteiger partial charge in [0.25, 0.3) is 0 Å². The standard InChI is InChI=1S/C11H6ClNO2S/c1-15-11(14)7-5-16-10-8(12)3-2-6(4-13)9(7)10/h2-3,5H,1H3. The molecule has 1 aromatic heterocycles. The van der Waals surface area contributed by atoms with Gasteiger partial charge in [0, 0.05) is 10.8 Å². The molecule has 0 saturated heterocycles. The molecule has 0 bridgehead atoms. The fraction of sp³-hybridized carbons (Fsp3) is 0.0909. The Morgan fingerprint density at radius 2 is 2.31 bits per heavy atom. The summed E-state index contributed by atoms with van der Waals surface area (Å²) in [7, 11) is 1.31. The molecule has 80 valence electrons. The van der Waals surface area contributed by atoms with Gasteiger partial charge in [-0.2, -0.15) is 5.26 Å². The van der Waals surface area contributed by atoms with Crippen LogP contribution in [0.4, 0.5) is 0 Å². The Bertz CT molecular complexity index is 612. The Labute approximate surface area is 101 Å². The molecule has 0 aliphatic heterocycles. The predicted octanol–water partition coefficient (Wildman–Crippen LogP) is 3.21. The molecule has 5 heteroatoms. The minimum atomic E-state index is -0.454. The predicted molar refractivity (Wildman–Crippen MR) is 62.9 cm³/mol. The summed E-state index contributed by atoms with van der Waals surface area (Å²) in [6.07, 6.45) is 0. The van der Waals surface area contributed by atoms with Crippen LogP contribution in [0.2, 0.25) is 5.02 Å². The number of nitrogens with zero attached hydrogens (tertiary/aromatic N) is 1. The third-order valence-electron chi connectivity index (χ3n) is 2.20. The van der Waals surface area contributed by atoms with Gasteiger partial charge >= 0.3 is 5.97 Å². The summed E-state index contributed by atoms with van der Waals surface area (Å²) in [5.41, 5.74) is 0.822. The molecule has 0 atom stereocenters. The first-order valence-electron chi connectivity index (χ1n) is 4.37. The average molecular weight is 252 g/mol. The summed E-state index contributed by atoms with van der Waals surface area (Å²) in [4.78, 5) is 11.5. The van der Waals surface area contributed by atoms with Crippen molar-refractivity contribution in [3.05, 3.63) is 33.7 Å². The van der Waals surface area contributed by atoms with E-state index in [1.165, 1.54) is 18.4 Å². The third kappa shape index (κ3) is 1.54. The Kier molecular flexibility index (Phi) is 2.82. The normalized spacial score (nSPS) is 10.1. The number of ether oxygens (including phenoxy) is 1. The highest BCUT2D eigenvalue weighted by atomic mass is 35.5. The Morgan fingerprint density at radius 3 is 2.94 bits per heavy atom. The lowest BCUT2D eigenvalue weighted by molar-refractivity contribution is 0.0603. The molecule has 0 spiro atoms. The number of rotatable bonds is 1. The summed E-state index contributed by atoms with van der Waals surface area (Å²) in [6, 6.07) is 5.30. The number of nitriles is 1. The smallest absolute Gasteiger partial charge is 0.339 e. The fourth-order valence-electron chi connectivity index (χ4n) is 1.47. The van der Waals surface area contributed by atoms with Crippen LogP contribution in [-0.2, 0) is 4.74 Å². The zero-order chi connectivity index (χ0) is 11.7. The lowest BCUT2D eigenvalue weighted by Crippen LogP contribution is -2.00. The molecule has 0 aliphatic carbocycles. The van der Waals surface area contributed by atoms with E-state index in [0.29, 0.717) is 21.5 Å². The van der Waals surface area contributed by atoms with Crippen LogP contribution in [0.15, 0.2) is 17.5 Å². The average Bonchev–Trinajstić information content (AvgIpc) is 2.74. The van der Waals surface area contributed by atoms with Crippen LogP contribution in [0.1, 0.15) is 15.9 Å². The largest absolute Gasteiger partial charge is 0.465 e. The van der Waals surface area contributed by atoms with Gasteiger partial charge in [-0.25, -0.2) is 4.79 Å². The molecular weight excluding hydrogens is 246 g/mol. The van der Waals surface area contributed by atoms with Crippen LogP contribution in [-0.4, -0.2) is 13.1 Å². The zero-order valence-electron chi connectivity index (χ0n) is 8.28. The van der Waals surface area contributed by atoms with E-state index >= 15 is 0 Å². The Morgan fingerprint density at radius 1 is 1.56 bits per heavy atom. The van der Waals surface area contributed by atoms with E-state index in [4.69, 9.17) is 16.9 Å². The van der Waals surface area contributed by atoms with Crippen molar-refractivity contribution >= 4 is 39.0 Å². The summed E-state index contributed by atoms with van der Waals surface area (Å²) >= 11 is 7.33. The van der Waals surface area contributed by atoms with Gasteiger partial charge in [0.05, 0.1) is 34.0 Å². The van der Waals surface area contributed by atoms with Gasteiger partial charge in [-0.3, -0.25) is 0 Å². The first-order valence-corrected chi connectivity index (χ1v) is 5.63. The van der Waals surface area contributed by atoms with Crippen molar-refractivity contribution in [3.8, 4) is 6.07 Å². The van der Waals surface area contributed by atoms with E-state index < -0.39 is 5.97 Å². The SMILES string of the molecule is COC(=O)c1csc2c(Cl)ccc(C#N)c12. The van der Waals surface area contributed by atoms with Crippen molar-refractivity contribution < 1.29 is 9.53 Å². The number of carbonyl (C=O) groups excluding carboxylic acids is 1. The van der Waals surface area contributed by atoms with Crippen LogP contribution in [0, 0.1) is 11.3 Å². The minimum Gasteiger partial charge on any atom is -0.465 e. The molecule has 1 aromatic carbocycles. The number of halogens is 1. The topological polar surface area (TPSA) is 50.1 Å². The minimum absolute atomic E-state index is 0.390. The molecule has 2 rings (SSSR count). The highest BCUT2D eigenvalue weighted by Gasteiger charge is 2.17. The molecule has 0 fully saturated rings. The molecule has 3 nitrogen and oxygen atoms in total. The van der Waals surface area contributed by atoms with E-state index in [0.717, 1.165) is 4.70 Å². The monoisotopic (exact) mass is 251 g/mol. The second kappa shape index (κ2) is 4.12. The highest BCUT2D eigenvalue weighted by molar-refractivity contribution is 7.18. The number of hydrogen-bond acceptors (Lipinski definition) is 4. The molecular formula is C11H6ClNO2S. The third-order valence-corrected chi connectivity index (χ3v) is 3.64. The highest BCUT2D eigenvalue weighted by Crippen LogP contribution is 2.34. The maximum absolute atomic E-state index is 11.5. The van der Waals surface area contributed by atoms with Gasteiger partial charge in [0.15, 0.2) is 0 Å². The molecule has 1 heterocycles. The van der Waals surface area contributed by atoms with Crippen molar-refractivity contribution in [3.63, 3.8) is 0 Å². The lowest BCUT2D eigenvalue weighted by atomic mass is 10.1. The number of carbonyl (C=O) groups is 1. The van der Waals surface area contributed by atoms with Crippen molar-refractivity contribution in [1.82, 2.24) is 0 Å². The van der Waals surface area contributed by atoms with Crippen LogP contribution in [0.5, 0.6) is 0 Å². The van der Waals surface area contributed by atoms with Crippen molar-refractivity contribution in [2.75, 3.05) is 7.11 Å². The van der Waals surface area contributed by atoms with Gasteiger partial charge in [0.2, 0.25) is 0 Å². The van der Waals surface area contributed by atoms with Crippen molar-refractivity contribution in [1.29, 1.82) is 5.26 Å². The molecule has 0 unspecified atom stereocenters. The van der Waals surface area contributed by atoms with Crippen molar-refractivity contribution in [2.24, 2.45) is 0 Å². The summed E-state index contributed by atoms with van der Waals surface area (Å²) < 4.78 is 5.39. The van der Waals surface area contributed by atoms with Crippen LogP contribution < -0.4 is 0 Å². The summed E-state index contributed by atoms with van der Waals surface area (Å²) in [5.74, 6) is -0.454. The van der Waals surface area contributed by atoms with Gasteiger partial charge in [-0.05, 0) is 12.1 Å². The second-order valence-corrected chi connectivity index (χ2v) is 4.34. The van der Waals surface area contributed by atoms with Gasteiger partial charge in [0.1, 0.15) is 0 Å². The number of methoxy groups -OCH3 is 1. The van der Waals surface area contributed by atoms with E-state index in [-0.39, 0.29) is 0 Å². The zero-order valence-corrected chi connectivity index (χ0v) is 9.85. The van der Waals surface area contributed by atoms with E-state index in [1.54, 1.807) is 17.5 Å². The van der Waals surface area contributed by atoms with Crippen molar-refractivity contribution in [2.45, 2.75) is 0 Å². The molecule has 0 amide bonds. The number of benzene rings is 1. The van der Waals surface area contributed by atoms with Crippen LogP contribution >= 0.6 is 22.9 Å². The van der Waals surface area contributed by atoms with E-state index in [9.17, 15) is 4.79 Å². The molecule has 2 aromatic rings. The van der Waals surface area contributed by atoms with Crippen LogP contribution in [0.25, 0.3) is 10.1 Å². The fourth-order valence-corrected chi connectivity index (χ4v) is 2.73. The quantitative estimate of drug-likeness (QED) is 0.731. The van der Waals surface area contributed by atoms with E-state index in [2.05, 4.69) is 4.74 Å². The molecule has 0 radical (unpaired) electrons. The Balaban J connectivity index is 2.84. The van der Waals surface area contributed by atoms with Gasteiger partial charge in [-0.1, -0.05) is 11.6 Å². The number of hydrogen-bond donors (Lipinski definition) is 0. The maximum atomic E-state index is 11.5. The molecule has 0 N–H and O–H groups in total. The number of esters is 1. The Hall–Kier alpha value is -1.57. The first kappa shape index (κ1) is 10.9. The molecule has 16 heavy (non-hydrogen) atoms. The summed E-state index contributed by atoms with van der Waals surface area (Å²) in [5, 5.41) is 11.8. The lowest BCUT2D eigenvalue weighted by Gasteiger charge is -2.00. The first-order chi connectivity index (χ1) is 7.69. The van der Waals surface area contributed by atoms with E-state index in [1.807, 2.05) is 6.07 Å². The number of thiophene rings is 1. The molecule has 0 aliphatic rings. The second-order valence-electron chi connectivity index (χ2n) is 3.05. The number of fused-ring (bicyclic) bond motifs is 1. The maximum Gasteiger partial charge on any atom is 0.339 e. The van der Waals surface area contributed by atoms with Gasteiger partial charge < -0.3 is 4.74 Å². The molecule has 0 saturated carbocycles. The van der Waals surface area contributed by atoms with Crippen LogP contribution in [0.3, 0.4) is 0 Å².